The Bertz CT molecular complexity index is 1380. The zero-order valence-corrected chi connectivity index (χ0v) is 18.8. The Kier molecular flexibility index (Phi) is 4.15. The second-order valence-corrected chi connectivity index (χ2v) is 9.48. The third kappa shape index (κ3) is 2.64. The van der Waals surface area contributed by atoms with E-state index in [0.717, 1.165) is 27.2 Å². The number of aliphatic imine (C=N–C) groups is 1. The van der Waals surface area contributed by atoms with Crippen LogP contribution in [0.2, 0.25) is 5.02 Å². The summed E-state index contributed by atoms with van der Waals surface area (Å²) in [6.07, 6.45) is 2.01. The highest BCUT2D eigenvalue weighted by molar-refractivity contribution is 6.30. The van der Waals surface area contributed by atoms with Crippen molar-refractivity contribution in [2.24, 2.45) is 4.99 Å². The van der Waals surface area contributed by atoms with Crippen LogP contribution < -0.4 is 9.64 Å². The van der Waals surface area contributed by atoms with Crippen molar-refractivity contribution in [2.45, 2.75) is 31.5 Å². The van der Waals surface area contributed by atoms with Crippen LogP contribution in [0.5, 0.6) is 5.75 Å². The van der Waals surface area contributed by atoms with Gasteiger partial charge in [-0.25, -0.2) is 0 Å². The Labute approximate surface area is 192 Å². The van der Waals surface area contributed by atoms with E-state index in [9.17, 15) is 0 Å². The van der Waals surface area contributed by atoms with Gasteiger partial charge in [0.15, 0.2) is 0 Å². The maximum atomic E-state index is 6.95. The van der Waals surface area contributed by atoms with E-state index in [1.165, 1.54) is 16.8 Å². The first-order chi connectivity index (χ1) is 15.5. The molecule has 0 bridgehead atoms. The molecule has 0 fully saturated rings. The zero-order valence-electron chi connectivity index (χ0n) is 18.0. The molecule has 0 saturated carbocycles. The van der Waals surface area contributed by atoms with Crippen molar-refractivity contribution in [2.75, 3.05) is 4.90 Å². The molecule has 3 nitrogen and oxygen atoms in total. The van der Waals surface area contributed by atoms with Gasteiger partial charge in [-0.3, -0.25) is 4.99 Å². The standard InChI is InChI=1S/C28H23ClN2O/c1-27(2)23-9-5-6-10-24(23)31(17-19-11-14-21(29)15-12-19)28(27)18-30-26-22-8-4-3-7-20(22)13-16-25(26)32-28/h3-16,18H,17H2,1-2H3. The summed E-state index contributed by atoms with van der Waals surface area (Å²) in [5, 5.41) is 3.01. The number of ether oxygens (including phenoxy) is 1. The molecule has 0 aromatic heterocycles. The van der Waals surface area contributed by atoms with Crippen LogP contribution in [0.3, 0.4) is 0 Å². The average Bonchev–Trinajstić information content (AvgIpc) is 2.99. The lowest BCUT2D eigenvalue weighted by Gasteiger charge is -2.46. The summed E-state index contributed by atoms with van der Waals surface area (Å²) in [6.45, 7) is 5.17. The fourth-order valence-electron chi connectivity index (χ4n) is 5.13. The maximum absolute atomic E-state index is 6.95. The highest BCUT2D eigenvalue weighted by Crippen LogP contribution is 2.55. The van der Waals surface area contributed by atoms with E-state index < -0.39 is 5.72 Å². The molecule has 0 saturated heterocycles. The van der Waals surface area contributed by atoms with E-state index in [4.69, 9.17) is 21.3 Å². The van der Waals surface area contributed by atoms with Gasteiger partial charge in [-0.15, -0.1) is 0 Å². The number of hydrogen-bond acceptors (Lipinski definition) is 3. The van der Waals surface area contributed by atoms with Crippen LogP contribution in [0.4, 0.5) is 11.4 Å². The van der Waals surface area contributed by atoms with Gasteiger partial charge in [0.2, 0.25) is 5.72 Å². The first-order valence-corrected chi connectivity index (χ1v) is 11.2. The van der Waals surface area contributed by atoms with Crippen LogP contribution in [-0.4, -0.2) is 11.9 Å². The minimum atomic E-state index is -0.744. The summed E-state index contributed by atoms with van der Waals surface area (Å²) in [5.41, 5.74) is 3.43. The molecule has 32 heavy (non-hydrogen) atoms. The largest absolute Gasteiger partial charge is 0.459 e. The Morgan fingerprint density at radius 1 is 0.875 bits per heavy atom. The van der Waals surface area contributed by atoms with Gasteiger partial charge in [-0.05, 0) is 54.6 Å². The summed E-state index contributed by atoms with van der Waals surface area (Å²) < 4.78 is 6.95. The van der Waals surface area contributed by atoms with E-state index in [2.05, 4.69) is 79.4 Å². The number of halogens is 1. The normalized spacial score (nSPS) is 20.3. The second-order valence-electron chi connectivity index (χ2n) is 9.04. The first kappa shape index (κ1) is 19.4. The van der Waals surface area contributed by atoms with Gasteiger partial charge in [0.25, 0.3) is 0 Å². The molecule has 1 spiro atoms. The third-order valence-electron chi connectivity index (χ3n) is 6.92. The number of anilines is 1. The van der Waals surface area contributed by atoms with Crippen molar-refractivity contribution in [1.29, 1.82) is 0 Å². The van der Waals surface area contributed by atoms with Crippen LogP contribution in [-0.2, 0) is 12.0 Å². The van der Waals surface area contributed by atoms with Gasteiger partial charge >= 0.3 is 0 Å². The van der Waals surface area contributed by atoms with Crippen LogP contribution in [0, 0.1) is 0 Å². The van der Waals surface area contributed by atoms with Crippen molar-refractivity contribution >= 4 is 40.0 Å². The van der Waals surface area contributed by atoms with Crippen molar-refractivity contribution in [3.8, 4) is 5.75 Å². The molecule has 0 N–H and O–H groups in total. The molecule has 0 aliphatic carbocycles. The monoisotopic (exact) mass is 438 g/mol. The molecule has 6 rings (SSSR count). The Hall–Kier alpha value is -3.30. The molecule has 2 aliphatic rings. The predicted octanol–water partition coefficient (Wildman–Crippen LogP) is 7.28. The highest BCUT2D eigenvalue weighted by Gasteiger charge is 2.59. The van der Waals surface area contributed by atoms with Crippen LogP contribution in [0.15, 0.2) is 89.9 Å². The Morgan fingerprint density at radius 2 is 1.62 bits per heavy atom. The molecule has 1 unspecified atom stereocenters. The van der Waals surface area contributed by atoms with E-state index >= 15 is 0 Å². The average molecular weight is 439 g/mol. The van der Waals surface area contributed by atoms with E-state index in [0.29, 0.717) is 6.54 Å². The lowest BCUT2D eigenvalue weighted by Crippen LogP contribution is -2.61. The van der Waals surface area contributed by atoms with E-state index in [1.54, 1.807) is 0 Å². The fourth-order valence-corrected chi connectivity index (χ4v) is 5.26. The minimum Gasteiger partial charge on any atom is -0.459 e. The molecule has 4 heteroatoms. The third-order valence-corrected chi connectivity index (χ3v) is 7.17. The maximum Gasteiger partial charge on any atom is 0.229 e. The number of fused-ring (bicyclic) bond motifs is 4. The molecule has 2 aliphatic heterocycles. The van der Waals surface area contributed by atoms with Crippen molar-refractivity contribution < 1.29 is 4.74 Å². The van der Waals surface area contributed by atoms with Gasteiger partial charge < -0.3 is 9.64 Å². The summed E-state index contributed by atoms with van der Waals surface area (Å²) >= 11 is 6.14. The summed E-state index contributed by atoms with van der Waals surface area (Å²) in [4.78, 5) is 7.37. The molecular weight excluding hydrogens is 416 g/mol. The van der Waals surface area contributed by atoms with Crippen LogP contribution in [0.25, 0.3) is 10.8 Å². The fraction of sp³-hybridized carbons (Fsp3) is 0.179. The molecule has 2 heterocycles. The molecule has 0 amide bonds. The SMILES string of the molecule is CC1(C)c2ccccc2N(Cc2ccc(Cl)cc2)C12C=Nc1c(ccc3ccccc13)O2. The first-order valence-electron chi connectivity index (χ1n) is 10.9. The van der Waals surface area contributed by atoms with Gasteiger partial charge in [-0.2, -0.15) is 0 Å². The quantitative estimate of drug-likeness (QED) is 0.328. The van der Waals surface area contributed by atoms with Gasteiger partial charge in [0.05, 0.1) is 11.6 Å². The lowest BCUT2D eigenvalue weighted by molar-refractivity contribution is 0.0764. The van der Waals surface area contributed by atoms with Crippen LogP contribution in [0.1, 0.15) is 25.0 Å². The number of para-hydroxylation sites is 1. The van der Waals surface area contributed by atoms with E-state index in [1.807, 2.05) is 30.5 Å². The van der Waals surface area contributed by atoms with Crippen molar-refractivity contribution in [1.82, 2.24) is 0 Å². The van der Waals surface area contributed by atoms with Crippen molar-refractivity contribution in [3.05, 3.63) is 101 Å². The van der Waals surface area contributed by atoms with Crippen LogP contribution >= 0.6 is 11.6 Å². The van der Waals surface area contributed by atoms with E-state index in [-0.39, 0.29) is 5.41 Å². The summed E-state index contributed by atoms with van der Waals surface area (Å²) in [5.74, 6) is 0.813. The smallest absolute Gasteiger partial charge is 0.229 e. The van der Waals surface area contributed by atoms with Gasteiger partial charge in [-0.1, -0.05) is 72.3 Å². The summed E-state index contributed by atoms with van der Waals surface area (Å²) in [7, 11) is 0. The lowest BCUT2D eigenvalue weighted by atomic mass is 9.77. The zero-order chi connectivity index (χ0) is 21.9. The minimum absolute atomic E-state index is 0.317. The predicted molar refractivity (Wildman–Crippen MR) is 133 cm³/mol. The molecule has 1 atom stereocenters. The highest BCUT2D eigenvalue weighted by atomic mass is 35.5. The number of benzene rings is 4. The number of nitrogens with zero attached hydrogens (tertiary/aromatic N) is 2. The summed E-state index contributed by atoms with van der Waals surface area (Å²) in [6, 6.07) is 29.1. The molecule has 158 valence electrons. The van der Waals surface area contributed by atoms with Gasteiger partial charge in [0.1, 0.15) is 11.4 Å². The molecular formula is C28H23ClN2O. The number of hydrogen-bond donors (Lipinski definition) is 0. The van der Waals surface area contributed by atoms with Crippen molar-refractivity contribution in [3.63, 3.8) is 0 Å². The second kappa shape index (κ2) is 6.85. The Balaban J connectivity index is 1.52. The van der Waals surface area contributed by atoms with Gasteiger partial charge in [0, 0.05) is 22.6 Å². The Morgan fingerprint density at radius 3 is 2.47 bits per heavy atom. The number of rotatable bonds is 2. The molecule has 4 aromatic carbocycles. The molecule has 4 aromatic rings. The topological polar surface area (TPSA) is 24.8 Å². The molecule has 0 radical (unpaired) electrons.